The SMILES string of the molecule is C=C(C)COC(=O)Nc1ccc2c(c1)CCN2Cc1ccccc1. The monoisotopic (exact) mass is 322 g/mol. The molecule has 0 spiro atoms. The fourth-order valence-electron chi connectivity index (χ4n) is 2.86. The summed E-state index contributed by atoms with van der Waals surface area (Å²) in [5, 5.41) is 2.77. The molecule has 1 N–H and O–H groups in total. The van der Waals surface area contributed by atoms with Gasteiger partial charge in [-0.25, -0.2) is 4.79 Å². The minimum Gasteiger partial charge on any atom is -0.445 e. The molecule has 4 nitrogen and oxygen atoms in total. The average molecular weight is 322 g/mol. The van der Waals surface area contributed by atoms with E-state index in [0.29, 0.717) is 0 Å². The van der Waals surface area contributed by atoms with Crippen LogP contribution in [0, 0.1) is 0 Å². The summed E-state index contributed by atoms with van der Waals surface area (Å²) < 4.78 is 5.07. The smallest absolute Gasteiger partial charge is 0.411 e. The van der Waals surface area contributed by atoms with Crippen LogP contribution in [0.1, 0.15) is 18.1 Å². The van der Waals surface area contributed by atoms with Gasteiger partial charge in [-0.05, 0) is 48.2 Å². The normalized spacial score (nSPS) is 12.6. The molecule has 1 aliphatic heterocycles. The molecule has 0 aliphatic carbocycles. The highest BCUT2D eigenvalue weighted by atomic mass is 16.5. The second-order valence-corrected chi connectivity index (χ2v) is 6.16. The van der Waals surface area contributed by atoms with Gasteiger partial charge in [0.15, 0.2) is 0 Å². The number of nitrogens with one attached hydrogen (secondary N) is 1. The van der Waals surface area contributed by atoms with E-state index in [1.165, 1.54) is 16.8 Å². The molecule has 0 saturated heterocycles. The Morgan fingerprint density at radius 2 is 2.04 bits per heavy atom. The van der Waals surface area contributed by atoms with Crippen molar-refractivity contribution < 1.29 is 9.53 Å². The van der Waals surface area contributed by atoms with Crippen LogP contribution in [-0.2, 0) is 17.7 Å². The molecular formula is C20H22N2O2. The minimum absolute atomic E-state index is 0.238. The van der Waals surface area contributed by atoms with E-state index in [1.807, 2.05) is 25.1 Å². The number of hydrogen-bond acceptors (Lipinski definition) is 3. The predicted octanol–water partition coefficient (Wildman–Crippen LogP) is 4.37. The highest BCUT2D eigenvalue weighted by molar-refractivity contribution is 5.85. The van der Waals surface area contributed by atoms with Gasteiger partial charge in [0.25, 0.3) is 0 Å². The fourth-order valence-corrected chi connectivity index (χ4v) is 2.86. The summed E-state index contributed by atoms with van der Waals surface area (Å²) in [4.78, 5) is 14.1. The Kier molecular flexibility index (Phi) is 4.85. The van der Waals surface area contributed by atoms with Gasteiger partial charge in [0.05, 0.1) is 0 Å². The van der Waals surface area contributed by atoms with Gasteiger partial charge < -0.3 is 9.64 Å². The maximum Gasteiger partial charge on any atom is 0.411 e. The molecule has 124 valence electrons. The number of ether oxygens (including phenoxy) is 1. The molecule has 0 bridgehead atoms. The maximum atomic E-state index is 11.7. The molecule has 2 aromatic carbocycles. The summed E-state index contributed by atoms with van der Waals surface area (Å²) in [5.74, 6) is 0. The molecule has 0 atom stereocenters. The molecule has 0 aromatic heterocycles. The van der Waals surface area contributed by atoms with E-state index in [4.69, 9.17) is 4.74 Å². The molecule has 2 aromatic rings. The van der Waals surface area contributed by atoms with Crippen molar-refractivity contribution in [3.8, 4) is 0 Å². The van der Waals surface area contributed by atoms with Gasteiger partial charge in [-0.3, -0.25) is 5.32 Å². The first kappa shape index (κ1) is 16.1. The van der Waals surface area contributed by atoms with Crippen LogP contribution in [0.15, 0.2) is 60.7 Å². The number of carbonyl (C=O) groups is 1. The average Bonchev–Trinajstić information content (AvgIpc) is 2.96. The van der Waals surface area contributed by atoms with Gasteiger partial charge in [0.1, 0.15) is 6.61 Å². The quantitative estimate of drug-likeness (QED) is 0.831. The molecule has 0 fully saturated rings. The number of fused-ring (bicyclic) bond motifs is 1. The molecule has 24 heavy (non-hydrogen) atoms. The van der Waals surface area contributed by atoms with Gasteiger partial charge >= 0.3 is 6.09 Å². The highest BCUT2D eigenvalue weighted by Crippen LogP contribution is 2.31. The lowest BCUT2D eigenvalue weighted by Gasteiger charge is -2.19. The summed E-state index contributed by atoms with van der Waals surface area (Å²) in [6.07, 6.45) is 0.537. The third kappa shape index (κ3) is 3.96. The van der Waals surface area contributed by atoms with Crippen molar-refractivity contribution in [1.29, 1.82) is 0 Å². The van der Waals surface area contributed by atoms with Gasteiger partial charge in [-0.15, -0.1) is 0 Å². The number of benzene rings is 2. The maximum absolute atomic E-state index is 11.7. The Labute approximate surface area is 142 Å². The molecule has 0 unspecified atom stereocenters. The fraction of sp³-hybridized carbons (Fsp3) is 0.250. The molecule has 3 rings (SSSR count). The summed E-state index contributed by atoms with van der Waals surface area (Å²) in [7, 11) is 0. The standard InChI is InChI=1S/C20H22N2O2/c1-15(2)14-24-20(23)21-18-8-9-19-17(12-18)10-11-22(19)13-16-6-4-3-5-7-16/h3-9,12H,1,10-11,13-14H2,2H3,(H,21,23). The summed E-state index contributed by atoms with van der Waals surface area (Å²) in [6, 6.07) is 16.5. The zero-order valence-corrected chi connectivity index (χ0v) is 13.9. The number of rotatable bonds is 5. The van der Waals surface area contributed by atoms with E-state index in [-0.39, 0.29) is 6.61 Å². The van der Waals surface area contributed by atoms with E-state index in [1.54, 1.807) is 0 Å². The third-order valence-electron chi connectivity index (χ3n) is 3.98. The molecule has 4 heteroatoms. The summed E-state index contributed by atoms with van der Waals surface area (Å²) in [6.45, 7) is 7.67. The van der Waals surface area contributed by atoms with Crippen molar-refractivity contribution >= 4 is 17.5 Å². The first-order chi connectivity index (χ1) is 11.6. The van der Waals surface area contributed by atoms with Crippen LogP contribution in [0.2, 0.25) is 0 Å². The van der Waals surface area contributed by atoms with E-state index in [2.05, 4.69) is 47.1 Å². The molecule has 1 heterocycles. The van der Waals surface area contributed by atoms with Crippen molar-refractivity contribution in [1.82, 2.24) is 0 Å². The first-order valence-electron chi connectivity index (χ1n) is 8.12. The van der Waals surface area contributed by atoms with Crippen LogP contribution in [0.4, 0.5) is 16.2 Å². The van der Waals surface area contributed by atoms with E-state index in [0.717, 1.165) is 30.8 Å². The number of amides is 1. The lowest BCUT2D eigenvalue weighted by molar-refractivity contribution is 0.171. The molecule has 1 amide bonds. The molecule has 1 aliphatic rings. The molecule has 0 saturated carbocycles. The van der Waals surface area contributed by atoms with Crippen molar-refractivity contribution in [3.63, 3.8) is 0 Å². The lowest BCUT2D eigenvalue weighted by Crippen LogP contribution is -2.19. The Balaban J connectivity index is 1.65. The van der Waals surface area contributed by atoms with Gasteiger partial charge in [0.2, 0.25) is 0 Å². The largest absolute Gasteiger partial charge is 0.445 e. The van der Waals surface area contributed by atoms with E-state index < -0.39 is 6.09 Å². The Morgan fingerprint density at radius 1 is 1.25 bits per heavy atom. The lowest BCUT2D eigenvalue weighted by atomic mass is 10.1. The Bertz CT molecular complexity index is 741. The van der Waals surface area contributed by atoms with Gasteiger partial charge in [0, 0.05) is 24.5 Å². The predicted molar refractivity (Wildman–Crippen MR) is 97.4 cm³/mol. The molecule has 0 radical (unpaired) electrons. The van der Waals surface area contributed by atoms with Crippen LogP contribution in [-0.4, -0.2) is 19.2 Å². The second-order valence-electron chi connectivity index (χ2n) is 6.16. The number of hydrogen-bond donors (Lipinski definition) is 1. The van der Waals surface area contributed by atoms with Crippen molar-refractivity contribution in [2.24, 2.45) is 0 Å². The first-order valence-corrected chi connectivity index (χ1v) is 8.12. The number of anilines is 2. The zero-order valence-electron chi connectivity index (χ0n) is 13.9. The van der Waals surface area contributed by atoms with Crippen LogP contribution >= 0.6 is 0 Å². The van der Waals surface area contributed by atoms with E-state index in [9.17, 15) is 4.79 Å². The summed E-state index contributed by atoms with van der Waals surface area (Å²) in [5.41, 5.74) is 5.37. The van der Waals surface area contributed by atoms with Crippen LogP contribution in [0.25, 0.3) is 0 Å². The van der Waals surface area contributed by atoms with Gasteiger partial charge in [-0.2, -0.15) is 0 Å². The van der Waals surface area contributed by atoms with Crippen molar-refractivity contribution in [3.05, 3.63) is 71.8 Å². The zero-order chi connectivity index (χ0) is 16.9. The minimum atomic E-state index is -0.447. The highest BCUT2D eigenvalue weighted by Gasteiger charge is 2.19. The van der Waals surface area contributed by atoms with Crippen molar-refractivity contribution in [2.45, 2.75) is 19.9 Å². The van der Waals surface area contributed by atoms with E-state index >= 15 is 0 Å². The summed E-state index contributed by atoms with van der Waals surface area (Å²) >= 11 is 0. The van der Waals surface area contributed by atoms with Crippen LogP contribution in [0.3, 0.4) is 0 Å². The third-order valence-corrected chi connectivity index (χ3v) is 3.98. The van der Waals surface area contributed by atoms with Crippen LogP contribution in [0.5, 0.6) is 0 Å². The molecular weight excluding hydrogens is 300 g/mol. The Hall–Kier alpha value is -2.75. The number of nitrogens with zero attached hydrogens (tertiary/aromatic N) is 1. The topological polar surface area (TPSA) is 41.6 Å². The van der Waals surface area contributed by atoms with Crippen LogP contribution < -0.4 is 10.2 Å². The second kappa shape index (κ2) is 7.21. The van der Waals surface area contributed by atoms with Gasteiger partial charge in [-0.1, -0.05) is 36.9 Å². The van der Waals surface area contributed by atoms with Crippen molar-refractivity contribution in [2.75, 3.05) is 23.4 Å². The Morgan fingerprint density at radius 3 is 2.79 bits per heavy atom. The number of carbonyl (C=O) groups excluding carboxylic acids is 1.